The van der Waals surface area contributed by atoms with Crippen LogP contribution in [-0.2, 0) is 35.0 Å². The van der Waals surface area contributed by atoms with E-state index >= 15 is 0 Å². The van der Waals surface area contributed by atoms with Crippen molar-refractivity contribution in [3.8, 4) is 0 Å². The van der Waals surface area contributed by atoms with Gasteiger partial charge in [0.05, 0.1) is 17.3 Å². The number of aryl methyl sites for hydroxylation is 3. The monoisotopic (exact) mass is 558 g/mol. The van der Waals surface area contributed by atoms with Crippen LogP contribution in [0.5, 0.6) is 0 Å². The number of hydrogen-bond donors (Lipinski definition) is 3. The minimum absolute atomic E-state index is 0.00911. The molecule has 0 radical (unpaired) electrons. The average molecular weight is 559 g/mol. The summed E-state index contributed by atoms with van der Waals surface area (Å²) in [5, 5.41) is 14.7. The molecule has 40 heavy (non-hydrogen) atoms. The molecule has 0 saturated heterocycles. The zero-order valence-electron chi connectivity index (χ0n) is 22.8. The second-order valence-corrected chi connectivity index (χ2v) is 10.3. The summed E-state index contributed by atoms with van der Waals surface area (Å²) in [6.07, 6.45) is -3.94. The van der Waals surface area contributed by atoms with Gasteiger partial charge in [0.15, 0.2) is 0 Å². The van der Waals surface area contributed by atoms with Gasteiger partial charge in [-0.15, -0.1) is 0 Å². The van der Waals surface area contributed by atoms with Gasteiger partial charge in [0.1, 0.15) is 5.60 Å². The van der Waals surface area contributed by atoms with Crippen molar-refractivity contribution in [2.24, 2.45) is 0 Å². The fourth-order valence-corrected chi connectivity index (χ4v) is 4.00. The largest absolute Gasteiger partial charge is 0.481 e. The minimum Gasteiger partial charge on any atom is -0.481 e. The number of hydrogen-bond acceptors (Lipinski definition) is 6. The topological polar surface area (TPSA) is 113 Å². The van der Waals surface area contributed by atoms with E-state index in [1.165, 1.54) is 0 Å². The van der Waals surface area contributed by atoms with Gasteiger partial charge in [-0.25, -0.2) is 14.8 Å². The van der Waals surface area contributed by atoms with Crippen molar-refractivity contribution < 1.29 is 32.6 Å². The molecule has 0 aliphatic rings. The Labute approximate surface area is 231 Å². The van der Waals surface area contributed by atoms with Gasteiger partial charge < -0.3 is 20.5 Å². The Balaban J connectivity index is 1.74. The van der Waals surface area contributed by atoms with Gasteiger partial charge in [0.25, 0.3) is 0 Å². The molecule has 0 saturated carbocycles. The van der Waals surface area contributed by atoms with Gasteiger partial charge in [0.2, 0.25) is 5.95 Å². The number of aromatic nitrogens is 2. The lowest BCUT2D eigenvalue weighted by Gasteiger charge is -2.22. The highest BCUT2D eigenvalue weighted by Gasteiger charge is 2.35. The molecular weight excluding hydrogens is 525 g/mol. The second kappa shape index (κ2) is 12.8. The van der Waals surface area contributed by atoms with Gasteiger partial charge >= 0.3 is 18.2 Å². The second-order valence-electron chi connectivity index (χ2n) is 10.3. The first-order valence-corrected chi connectivity index (χ1v) is 12.8. The Bertz CT molecular complexity index is 1320. The van der Waals surface area contributed by atoms with Crippen LogP contribution in [0.15, 0.2) is 54.7 Å². The molecule has 1 unspecified atom stereocenters. The first-order valence-electron chi connectivity index (χ1n) is 12.8. The minimum atomic E-state index is -4.63. The first kappa shape index (κ1) is 30.4. The molecule has 2 aromatic carbocycles. The van der Waals surface area contributed by atoms with Crippen molar-refractivity contribution >= 4 is 23.7 Å². The highest BCUT2D eigenvalue weighted by atomic mass is 19.4. The van der Waals surface area contributed by atoms with Crippen molar-refractivity contribution in [1.29, 1.82) is 0 Å². The van der Waals surface area contributed by atoms with E-state index in [0.717, 1.165) is 22.9 Å². The molecular formula is C29H33F3N4O4. The highest BCUT2D eigenvalue weighted by molar-refractivity contribution is 5.68. The number of aliphatic carboxylic acids is 1. The van der Waals surface area contributed by atoms with Crippen LogP contribution < -0.4 is 10.6 Å². The van der Waals surface area contributed by atoms with Crippen molar-refractivity contribution in [1.82, 2.24) is 15.3 Å². The Kier molecular flexibility index (Phi) is 9.73. The van der Waals surface area contributed by atoms with Gasteiger partial charge in [0, 0.05) is 18.3 Å². The third kappa shape index (κ3) is 9.25. The first-order chi connectivity index (χ1) is 18.7. The lowest BCUT2D eigenvalue weighted by atomic mass is 9.97. The van der Waals surface area contributed by atoms with E-state index in [-0.39, 0.29) is 43.4 Å². The number of nitrogens with one attached hydrogen (secondary N) is 2. The summed E-state index contributed by atoms with van der Waals surface area (Å²) in [6, 6.07) is 13.7. The number of benzene rings is 2. The quantitative estimate of drug-likeness (QED) is 0.256. The van der Waals surface area contributed by atoms with Gasteiger partial charge in [-0.3, -0.25) is 4.79 Å². The molecule has 0 aliphatic carbocycles. The molecule has 3 N–H and O–H groups in total. The Hall–Kier alpha value is -4.15. The Morgan fingerprint density at radius 1 is 0.975 bits per heavy atom. The lowest BCUT2D eigenvalue weighted by molar-refractivity contribution is -0.139. The normalized spacial score (nSPS) is 12.5. The number of rotatable bonds is 10. The van der Waals surface area contributed by atoms with Crippen LogP contribution >= 0.6 is 0 Å². The van der Waals surface area contributed by atoms with Crippen LogP contribution in [0.25, 0.3) is 0 Å². The zero-order valence-corrected chi connectivity index (χ0v) is 22.8. The fourth-order valence-electron chi connectivity index (χ4n) is 4.00. The molecule has 214 valence electrons. The molecule has 3 rings (SSSR count). The van der Waals surface area contributed by atoms with Crippen molar-refractivity contribution in [2.75, 3.05) is 5.32 Å². The van der Waals surface area contributed by atoms with Gasteiger partial charge in [-0.05, 0) is 75.8 Å². The van der Waals surface area contributed by atoms with Crippen molar-refractivity contribution in [3.63, 3.8) is 0 Å². The predicted octanol–water partition coefficient (Wildman–Crippen LogP) is 6.63. The van der Waals surface area contributed by atoms with Crippen LogP contribution in [-0.4, -0.2) is 32.7 Å². The van der Waals surface area contributed by atoms with Crippen LogP contribution in [0.2, 0.25) is 0 Å². The zero-order chi connectivity index (χ0) is 29.5. The van der Waals surface area contributed by atoms with E-state index in [2.05, 4.69) is 20.6 Å². The van der Waals surface area contributed by atoms with Crippen LogP contribution in [0.4, 0.5) is 29.6 Å². The number of ether oxygens (including phenoxy) is 1. The molecule has 0 spiro atoms. The number of carboxylic acid groups (broad SMARTS) is 1. The highest BCUT2D eigenvalue weighted by Crippen LogP contribution is 2.32. The van der Waals surface area contributed by atoms with E-state index in [4.69, 9.17) is 9.84 Å². The molecule has 1 amide bonds. The van der Waals surface area contributed by atoms with Gasteiger partial charge in [-0.1, -0.05) is 36.4 Å². The SMILES string of the molecule is CC(NC(=O)OC(C)(C)C)c1ccc(Nc2ncc(C(F)(F)F)c(CCc3ccccc3CCC(=O)O)n2)cc1. The summed E-state index contributed by atoms with van der Waals surface area (Å²) < 4.78 is 46.4. The lowest BCUT2D eigenvalue weighted by Crippen LogP contribution is -2.34. The molecule has 0 bridgehead atoms. The number of amides is 1. The molecule has 1 atom stereocenters. The van der Waals surface area contributed by atoms with Crippen LogP contribution in [0, 0.1) is 0 Å². The van der Waals surface area contributed by atoms with E-state index in [1.807, 2.05) is 0 Å². The number of carboxylic acids is 1. The van der Waals surface area contributed by atoms with Crippen molar-refractivity contribution in [3.05, 3.63) is 82.7 Å². The van der Waals surface area contributed by atoms with Crippen molar-refractivity contribution in [2.45, 2.75) is 71.2 Å². The number of halogens is 3. The average Bonchev–Trinajstić information content (AvgIpc) is 2.85. The van der Waals surface area contributed by atoms with E-state index in [9.17, 15) is 22.8 Å². The third-order valence-corrected chi connectivity index (χ3v) is 5.93. The molecule has 11 heteroatoms. The molecule has 8 nitrogen and oxygen atoms in total. The number of anilines is 2. The predicted molar refractivity (Wildman–Crippen MR) is 144 cm³/mol. The maximum absolute atomic E-state index is 13.7. The number of carbonyl (C=O) groups excluding carboxylic acids is 1. The molecule has 3 aromatic rings. The summed E-state index contributed by atoms with van der Waals surface area (Å²) in [7, 11) is 0. The summed E-state index contributed by atoms with van der Waals surface area (Å²) in [5.74, 6) is -0.933. The number of nitrogens with zero attached hydrogens (tertiary/aromatic N) is 2. The third-order valence-electron chi connectivity index (χ3n) is 5.93. The van der Waals surface area contributed by atoms with Crippen LogP contribution in [0.3, 0.4) is 0 Å². The van der Waals surface area contributed by atoms with E-state index < -0.39 is 29.4 Å². The fraction of sp³-hybridized carbons (Fsp3) is 0.379. The van der Waals surface area contributed by atoms with E-state index in [0.29, 0.717) is 5.69 Å². The summed E-state index contributed by atoms with van der Waals surface area (Å²) >= 11 is 0. The standard InChI is InChI=1S/C29H33F3N4O4/c1-18(34-27(39)40-28(2,3)4)19-9-13-22(14-10-19)35-26-33-17-23(29(30,31)32)24(36-26)15-11-20-7-5-6-8-21(20)12-16-25(37)38/h5-10,13-14,17-18H,11-12,15-16H2,1-4H3,(H,34,39)(H,37,38)(H,33,35,36). The molecule has 1 aromatic heterocycles. The molecule has 1 heterocycles. The summed E-state index contributed by atoms with van der Waals surface area (Å²) in [4.78, 5) is 31.1. The molecule has 0 aliphatic heterocycles. The maximum Gasteiger partial charge on any atom is 0.419 e. The molecule has 0 fully saturated rings. The number of alkyl halides is 3. The van der Waals surface area contributed by atoms with Gasteiger partial charge in [-0.2, -0.15) is 13.2 Å². The summed E-state index contributed by atoms with van der Waals surface area (Å²) in [5.41, 5.74) is 1.20. The number of carbonyl (C=O) groups is 2. The Morgan fingerprint density at radius 3 is 2.17 bits per heavy atom. The van der Waals surface area contributed by atoms with Crippen LogP contribution in [0.1, 0.15) is 68.1 Å². The number of alkyl carbamates (subject to hydrolysis) is 1. The Morgan fingerprint density at radius 2 is 1.60 bits per heavy atom. The maximum atomic E-state index is 13.7. The summed E-state index contributed by atoms with van der Waals surface area (Å²) in [6.45, 7) is 7.12. The van der Waals surface area contributed by atoms with E-state index in [1.54, 1.807) is 76.2 Å². The smallest absolute Gasteiger partial charge is 0.419 e.